The number of fused-ring (bicyclic) bond motifs is 1. The highest BCUT2D eigenvalue weighted by Gasteiger charge is 2.12. The van der Waals surface area contributed by atoms with Crippen LogP contribution in [0.1, 0.15) is 12.1 Å². The van der Waals surface area contributed by atoms with E-state index < -0.39 is 6.43 Å². The van der Waals surface area contributed by atoms with Crippen molar-refractivity contribution in [2.24, 2.45) is 0 Å². The number of nitrogens with zero attached hydrogens (tertiary/aromatic N) is 2. The minimum Gasteiger partial charge on any atom is -0.374 e. The van der Waals surface area contributed by atoms with E-state index in [9.17, 15) is 8.78 Å². The van der Waals surface area contributed by atoms with Gasteiger partial charge in [-0.1, -0.05) is 6.07 Å². The first-order valence-electron chi connectivity index (χ1n) is 4.16. The third-order valence-corrected chi connectivity index (χ3v) is 1.99. The second-order valence-corrected chi connectivity index (χ2v) is 2.86. The minimum absolute atomic E-state index is 0.201. The van der Waals surface area contributed by atoms with Crippen molar-refractivity contribution >= 4 is 11.5 Å². The van der Waals surface area contributed by atoms with Gasteiger partial charge in [0, 0.05) is 13.2 Å². The van der Waals surface area contributed by atoms with Gasteiger partial charge in [-0.05, 0) is 12.1 Å². The van der Waals surface area contributed by atoms with Crippen LogP contribution in [0.5, 0.6) is 0 Å². The standard InChI is InChI=1S/C9H9F2N3/c1-12-7-3-2-4-8-13-6(9(10)11)5-14(7)8/h2-5,9,12H,1H3. The molecule has 0 aliphatic carbocycles. The van der Waals surface area contributed by atoms with Gasteiger partial charge in [0.25, 0.3) is 6.43 Å². The summed E-state index contributed by atoms with van der Waals surface area (Å²) in [7, 11) is 1.73. The number of alkyl halides is 2. The van der Waals surface area contributed by atoms with Gasteiger partial charge in [-0.25, -0.2) is 13.8 Å². The summed E-state index contributed by atoms with van der Waals surface area (Å²) in [6.07, 6.45) is -1.19. The molecule has 0 radical (unpaired) electrons. The summed E-state index contributed by atoms with van der Waals surface area (Å²) in [5.74, 6) is 0.738. The fourth-order valence-corrected chi connectivity index (χ4v) is 1.34. The molecule has 5 heteroatoms. The zero-order valence-electron chi connectivity index (χ0n) is 7.54. The zero-order valence-corrected chi connectivity index (χ0v) is 7.54. The molecule has 14 heavy (non-hydrogen) atoms. The summed E-state index contributed by atoms with van der Waals surface area (Å²) in [6, 6.07) is 5.25. The maximum absolute atomic E-state index is 12.3. The number of hydrogen-bond acceptors (Lipinski definition) is 2. The summed E-state index contributed by atoms with van der Waals surface area (Å²) in [5, 5.41) is 2.90. The van der Waals surface area contributed by atoms with E-state index in [1.54, 1.807) is 29.6 Å². The summed E-state index contributed by atoms with van der Waals surface area (Å²) in [4.78, 5) is 3.79. The van der Waals surface area contributed by atoms with Crippen molar-refractivity contribution in [3.63, 3.8) is 0 Å². The van der Waals surface area contributed by atoms with Gasteiger partial charge in [-0.2, -0.15) is 0 Å². The molecule has 0 saturated carbocycles. The van der Waals surface area contributed by atoms with Crippen molar-refractivity contribution in [1.29, 1.82) is 0 Å². The Morgan fingerprint density at radius 3 is 2.86 bits per heavy atom. The van der Waals surface area contributed by atoms with Crippen molar-refractivity contribution in [1.82, 2.24) is 9.38 Å². The fourth-order valence-electron chi connectivity index (χ4n) is 1.34. The van der Waals surface area contributed by atoms with Crippen LogP contribution >= 0.6 is 0 Å². The average molecular weight is 197 g/mol. The number of pyridine rings is 1. The van der Waals surface area contributed by atoms with Gasteiger partial charge in [0.15, 0.2) is 0 Å². The lowest BCUT2D eigenvalue weighted by atomic mass is 10.4. The van der Waals surface area contributed by atoms with Crippen LogP contribution in [0.4, 0.5) is 14.6 Å². The molecule has 0 aliphatic heterocycles. The summed E-state index contributed by atoms with van der Waals surface area (Å²) < 4.78 is 26.3. The Labute approximate surface area is 79.4 Å². The van der Waals surface area contributed by atoms with E-state index in [2.05, 4.69) is 10.3 Å². The second kappa shape index (κ2) is 3.25. The minimum atomic E-state index is -2.53. The largest absolute Gasteiger partial charge is 0.374 e. The molecule has 1 N–H and O–H groups in total. The third kappa shape index (κ3) is 1.30. The number of halogens is 2. The molecule has 0 atom stereocenters. The number of anilines is 1. The molecular weight excluding hydrogens is 188 g/mol. The summed E-state index contributed by atoms with van der Waals surface area (Å²) in [5.41, 5.74) is 0.319. The van der Waals surface area contributed by atoms with Crippen LogP contribution in [-0.4, -0.2) is 16.4 Å². The molecule has 0 aliphatic rings. The predicted molar refractivity (Wildman–Crippen MR) is 49.7 cm³/mol. The second-order valence-electron chi connectivity index (χ2n) is 2.86. The summed E-state index contributed by atoms with van der Waals surface area (Å²) in [6.45, 7) is 0. The Bertz CT molecular complexity index is 450. The van der Waals surface area contributed by atoms with Gasteiger partial charge < -0.3 is 5.32 Å². The smallest absolute Gasteiger partial charge is 0.281 e. The van der Waals surface area contributed by atoms with Gasteiger partial charge in [-0.15, -0.1) is 0 Å². The van der Waals surface area contributed by atoms with Crippen LogP contribution in [0.15, 0.2) is 24.4 Å². The fraction of sp³-hybridized carbons (Fsp3) is 0.222. The quantitative estimate of drug-likeness (QED) is 0.800. The maximum Gasteiger partial charge on any atom is 0.281 e. The molecule has 2 heterocycles. The van der Waals surface area contributed by atoms with Crippen molar-refractivity contribution < 1.29 is 8.78 Å². The molecule has 0 spiro atoms. The molecule has 3 nitrogen and oxygen atoms in total. The highest BCUT2D eigenvalue weighted by Crippen LogP contribution is 2.20. The van der Waals surface area contributed by atoms with E-state index in [0.717, 1.165) is 5.82 Å². The van der Waals surface area contributed by atoms with Crippen LogP contribution in [-0.2, 0) is 0 Å². The Morgan fingerprint density at radius 2 is 2.21 bits per heavy atom. The normalized spacial score (nSPS) is 11.1. The third-order valence-electron chi connectivity index (χ3n) is 1.99. The highest BCUT2D eigenvalue weighted by molar-refractivity contribution is 5.50. The Kier molecular flexibility index (Phi) is 2.07. The van der Waals surface area contributed by atoms with Gasteiger partial charge in [0.05, 0.1) is 0 Å². The van der Waals surface area contributed by atoms with E-state index in [1.807, 2.05) is 0 Å². The number of aromatic nitrogens is 2. The van der Waals surface area contributed by atoms with Crippen molar-refractivity contribution in [3.8, 4) is 0 Å². The number of hydrogen-bond donors (Lipinski definition) is 1. The molecule has 2 aromatic rings. The first-order valence-corrected chi connectivity index (χ1v) is 4.16. The topological polar surface area (TPSA) is 29.3 Å². The summed E-state index contributed by atoms with van der Waals surface area (Å²) >= 11 is 0. The zero-order chi connectivity index (χ0) is 10.1. The van der Waals surface area contributed by atoms with Gasteiger partial charge in [-0.3, -0.25) is 4.40 Å². The van der Waals surface area contributed by atoms with E-state index in [-0.39, 0.29) is 5.69 Å². The van der Waals surface area contributed by atoms with Crippen molar-refractivity contribution in [2.75, 3.05) is 12.4 Å². The lowest BCUT2D eigenvalue weighted by Gasteiger charge is -2.02. The monoisotopic (exact) mass is 197 g/mol. The van der Waals surface area contributed by atoms with Gasteiger partial charge in [0.2, 0.25) is 0 Å². The molecule has 0 fully saturated rings. The van der Waals surface area contributed by atoms with Crippen LogP contribution in [0.25, 0.3) is 5.65 Å². The molecule has 0 unspecified atom stereocenters. The maximum atomic E-state index is 12.3. The molecule has 74 valence electrons. The van der Waals surface area contributed by atoms with Crippen LogP contribution in [0.2, 0.25) is 0 Å². The Morgan fingerprint density at radius 1 is 1.43 bits per heavy atom. The van der Waals surface area contributed by atoms with Gasteiger partial charge in [0.1, 0.15) is 17.2 Å². The van der Waals surface area contributed by atoms with E-state index in [4.69, 9.17) is 0 Å². The molecule has 0 aromatic carbocycles. The number of nitrogens with one attached hydrogen (secondary N) is 1. The number of rotatable bonds is 2. The van der Waals surface area contributed by atoms with E-state index in [0.29, 0.717) is 5.65 Å². The first kappa shape index (κ1) is 8.93. The van der Waals surface area contributed by atoms with Crippen LogP contribution in [0, 0.1) is 0 Å². The molecule has 0 bridgehead atoms. The highest BCUT2D eigenvalue weighted by atomic mass is 19.3. The Balaban J connectivity index is 2.64. The van der Waals surface area contributed by atoms with Crippen LogP contribution < -0.4 is 5.32 Å². The molecule has 2 aromatic heterocycles. The SMILES string of the molecule is CNc1cccc2nc(C(F)F)cn12. The van der Waals surface area contributed by atoms with Crippen LogP contribution in [0.3, 0.4) is 0 Å². The van der Waals surface area contributed by atoms with E-state index >= 15 is 0 Å². The molecular formula is C9H9F2N3. The van der Waals surface area contributed by atoms with Crippen molar-refractivity contribution in [2.45, 2.75) is 6.43 Å². The predicted octanol–water partition coefficient (Wildman–Crippen LogP) is 2.31. The number of imidazole rings is 1. The lowest BCUT2D eigenvalue weighted by Crippen LogP contribution is -1.95. The molecule has 0 amide bonds. The average Bonchev–Trinajstić information content (AvgIpc) is 2.60. The van der Waals surface area contributed by atoms with Crippen molar-refractivity contribution in [3.05, 3.63) is 30.1 Å². The molecule has 0 saturated heterocycles. The lowest BCUT2D eigenvalue weighted by molar-refractivity contribution is 0.147. The van der Waals surface area contributed by atoms with Gasteiger partial charge >= 0.3 is 0 Å². The Hall–Kier alpha value is -1.65. The first-order chi connectivity index (χ1) is 6.72. The molecule has 2 rings (SSSR count). The van der Waals surface area contributed by atoms with E-state index in [1.165, 1.54) is 6.20 Å².